The van der Waals surface area contributed by atoms with Gasteiger partial charge in [0.25, 0.3) is 0 Å². The van der Waals surface area contributed by atoms with Crippen LogP contribution in [-0.2, 0) is 22.7 Å². The molecule has 0 bridgehead atoms. The molecule has 6 heteroatoms. The highest BCUT2D eigenvalue weighted by Crippen LogP contribution is 2.14. The maximum atomic E-state index is 11.7. The summed E-state index contributed by atoms with van der Waals surface area (Å²) in [6.45, 7) is 1.92. The minimum atomic E-state index is -0.256. The van der Waals surface area contributed by atoms with Gasteiger partial charge < -0.3 is 24.8 Å². The van der Waals surface area contributed by atoms with E-state index in [0.29, 0.717) is 26.4 Å². The molecule has 2 rings (SSSR count). The molecule has 0 aliphatic rings. The predicted octanol–water partition coefficient (Wildman–Crippen LogP) is 3.18. The summed E-state index contributed by atoms with van der Waals surface area (Å²) in [6, 6.07) is 15.1. The molecule has 0 unspecified atom stereocenters. The summed E-state index contributed by atoms with van der Waals surface area (Å²) < 4.78 is 15.8. The monoisotopic (exact) mass is 344 g/mol. The Morgan fingerprint density at radius 1 is 1.00 bits per heavy atom. The van der Waals surface area contributed by atoms with Gasteiger partial charge in [-0.05, 0) is 35.4 Å². The first-order valence-electron chi connectivity index (χ1n) is 8.04. The maximum absolute atomic E-state index is 11.7. The van der Waals surface area contributed by atoms with Crippen LogP contribution in [0.5, 0.6) is 5.75 Å². The van der Waals surface area contributed by atoms with Crippen molar-refractivity contribution in [3.63, 3.8) is 0 Å². The first-order chi connectivity index (χ1) is 12.2. The zero-order valence-corrected chi connectivity index (χ0v) is 14.6. The number of amides is 2. The number of urea groups is 1. The lowest BCUT2D eigenvalue weighted by Gasteiger charge is -2.09. The third-order valence-electron chi connectivity index (χ3n) is 3.47. The van der Waals surface area contributed by atoms with E-state index < -0.39 is 0 Å². The van der Waals surface area contributed by atoms with E-state index >= 15 is 0 Å². The molecule has 0 atom stereocenters. The normalized spacial score (nSPS) is 10.3. The van der Waals surface area contributed by atoms with Crippen molar-refractivity contribution in [2.24, 2.45) is 0 Å². The fourth-order valence-corrected chi connectivity index (χ4v) is 2.19. The van der Waals surface area contributed by atoms with Crippen molar-refractivity contribution in [2.45, 2.75) is 13.2 Å². The number of carbonyl (C=O) groups is 1. The van der Waals surface area contributed by atoms with Crippen molar-refractivity contribution in [2.75, 3.05) is 32.7 Å². The molecule has 0 heterocycles. The molecule has 0 spiro atoms. The van der Waals surface area contributed by atoms with Gasteiger partial charge in [0.15, 0.2) is 0 Å². The van der Waals surface area contributed by atoms with E-state index in [1.165, 1.54) is 0 Å². The van der Waals surface area contributed by atoms with Crippen LogP contribution >= 0.6 is 0 Å². The number of rotatable bonds is 9. The highest BCUT2D eigenvalue weighted by atomic mass is 16.5. The predicted molar refractivity (Wildman–Crippen MR) is 96.8 cm³/mol. The van der Waals surface area contributed by atoms with Gasteiger partial charge in [0, 0.05) is 19.3 Å². The molecule has 2 aromatic rings. The number of benzene rings is 2. The minimum absolute atomic E-state index is 0.256. The number of methoxy groups -OCH3 is 2. The summed E-state index contributed by atoms with van der Waals surface area (Å²) in [5, 5.41) is 5.50. The van der Waals surface area contributed by atoms with E-state index in [2.05, 4.69) is 10.6 Å². The van der Waals surface area contributed by atoms with Crippen LogP contribution in [0.25, 0.3) is 0 Å². The van der Waals surface area contributed by atoms with E-state index in [9.17, 15) is 4.79 Å². The van der Waals surface area contributed by atoms with Gasteiger partial charge in [-0.3, -0.25) is 0 Å². The van der Waals surface area contributed by atoms with Gasteiger partial charge in [0.1, 0.15) is 5.75 Å². The van der Waals surface area contributed by atoms with Crippen LogP contribution in [0.3, 0.4) is 0 Å². The topological polar surface area (TPSA) is 68.8 Å². The molecule has 2 aromatic carbocycles. The molecular weight excluding hydrogens is 320 g/mol. The third kappa shape index (κ3) is 6.82. The number of hydrogen-bond donors (Lipinski definition) is 2. The summed E-state index contributed by atoms with van der Waals surface area (Å²) in [6.07, 6.45) is 0. The molecular formula is C19H24N2O4. The second-order valence-corrected chi connectivity index (χ2v) is 5.41. The first kappa shape index (κ1) is 18.8. The van der Waals surface area contributed by atoms with Crippen LogP contribution in [0, 0.1) is 0 Å². The van der Waals surface area contributed by atoms with Crippen LogP contribution in [0.1, 0.15) is 11.1 Å². The summed E-state index contributed by atoms with van der Waals surface area (Å²) in [5.74, 6) is 0.825. The van der Waals surface area contributed by atoms with Crippen LogP contribution in [0.2, 0.25) is 0 Å². The number of hydrogen-bond acceptors (Lipinski definition) is 4. The lowest BCUT2D eigenvalue weighted by Crippen LogP contribution is -2.31. The Hall–Kier alpha value is -2.57. The van der Waals surface area contributed by atoms with E-state index in [0.717, 1.165) is 22.6 Å². The van der Waals surface area contributed by atoms with Gasteiger partial charge in [-0.1, -0.05) is 24.3 Å². The lowest BCUT2D eigenvalue weighted by atomic mass is 10.2. The van der Waals surface area contributed by atoms with Crippen molar-refractivity contribution < 1.29 is 19.0 Å². The number of carbonyl (C=O) groups excluding carboxylic acids is 1. The summed E-state index contributed by atoms with van der Waals surface area (Å²) >= 11 is 0. The van der Waals surface area contributed by atoms with Gasteiger partial charge in [-0.2, -0.15) is 0 Å². The second kappa shape index (κ2) is 10.3. The quantitative estimate of drug-likeness (QED) is 0.686. The SMILES string of the molecule is COCCNC(=O)Nc1cccc(COCc2ccc(OC)cc2)c1. The summed E-state index contributed by atoms with van der Waals surface area (Å²) in [7, 11) is 3.24. The number of nitrogens with one attached hydrogen (secondary N) is 2. The van der Waals surface area contributed by atoms with Crippen molar-refractivity contribution in [3.05, 3.63) is 59.7 Å². The van der Waals surface area contributed by atoms with E-state index in [4.69, 9.17) is 14.2 Å². The Labute approximate surface area is 148 Å². The molecule has 2 N–H and O–H groups in total. The molecule has 0 fully saturated rings. The Kier molecular flexibility index (Phi) is 7.75. The van der Waals surface area contributed by atoms with Crippen LogP contribution < -0.4 is 15.4 Å². The first-order valence-corrected chi connectivity index (χ1v) is 8.04. The molecule has 0 aliphatic heterocycles. The zero-order chi connectivity index (χ0) is 17.9. The molecule has 0 saturated carbocycles. The Morgan fingerprint density at radius 2 is 1.76 bits per heavy atom. The molecule has 0 aromatic heterocycles. The van der Waals surface area contributed by atoms with Gasteiger partial charge >= 0.3 is 6.03 Å². The summed E-state index contributed by atoms with van der Waals surface area (Å²) in [5.41, 5.74) is 2.79. The van der Waals surface area contributed by atoms with Gasteiger partial charge in [0.05, 0.1) is 26.9 Å². The molecule has 0 radical (unpaired) electrons. The lowest BCUT2D eigenvalue weighted by molar-refractivity contribution is 0.107. The largest absolute Gasteiger partial charge is 0.497 e. The fourth-order valence-electron chi connectivity index (χ4n) is 2.19. The van der Waals surface area contributed by atoms with Crippen LogP contribution in [0.15, 0.2) is 48.5 Å². The second-order valence-electron chi connectivity index (χ2n) is 5.41. The molecule has 0 aliphatic carbocycles. The van der Waals surface area contributed by atoms with Gasteiger partial charge in [-0.25, -0.2) is 4.79 Å². The zero-order valence-electron chi connectivity index (χ0n) is 14.6. The molecule has 2 amide bonds. The Morgan fingerprint density at radius 3 is 2.48 bits per heavy atom. The van der Waals surface area contributed by atoms with E-state index in [-0.39, 0.29) is 6.03 Å². The van der Waals surface area contributed by atoms with Gasteiger partial charge in [0.2, 0.25) is 0 Å². The van der Waals surface area contributed by atoms with E-state index in [1.54, 1.807) is 14.2 Å². The number of anilines is 1. The molecule has 25 heavy (non-hydrogen) atoms. The number of ether oxygens (including phenoxy) is 3. The van der Waals surface area contributed by atoms with Crippen molar-refractivity contribution in [1.29, 1.82) is 0 Å². The maximum Gasteiger partial charge on any atom is 0.319 e. The van der Waals surface area contributed by atoms with Crippen LogP contribution in [0.4, 0.5) is 10.5 Å². The Bertz CT molecular complexity index is 659. The standard InChI is InChI=1S/C19H24N2O4/c1-23-11-10-20-19(22)21-17-5-3-4-16(12-17)14-25-13-15-6-8-18(24-2)9-7-15/h3-9,12H,10-11,13-14H2,1-2H3,(H2,20,21,22). The van der Waals surface area contributed by atoms with Crippen LogP contribution in [-0.4, -0.2) is 33.4 Å². The average molecular weight is 344 g/mol. The average Bonchev–Trinajstić information content (AvgIpc) is 2.63. The van der Waals surface area contributed by atoms with Crippen molar-refractivity contribution in [1.82, 2.24) is 5.32 Å². The highest BCUT2D eigenvalue weighted by Gasteiger charge is 2.02. The van der Waals surface area contributed by atoms with Crippen molar-refractivity contribution in [3.8, 4) is 5.75 Å². The van der Waals surface area contributed by atoms with Gasteiger partial charge in [-0.15, -0.1) is 0 Å². The fraction of sp³-hybridized carbons (Fsp3) is 0.316. The Balaban J connectivity index is 1.79. The van der Waals surface area contributed by atoms with Crippen molar-refractivity contribution >= 4 is 11.7 Å². The minimum Gasteiger partial charge on any atom is -0.497 e. The third-order valence-corrected chi connectivity index (χ3v) is 3.47. The smallest absolute Gasteiger partial charge is 0.319 e. The summed E-state index contributed by atoms with van der Waals surface area (Å²) in [4.78, 5) is 11.7. The molecule has 0 saturated heterocycles. The highest BCUT2D eigenvalue weighted by molar-refractivity contribution is 5.89. The molecule has 134 valence electrons. The molecule has 6 nitrogen and oxygen atoms in total. The van der Waals surface area contributed by atoms with E-state index in [1.807, 2.05) is 48.5 Å².